The fraction of sp³-hybridized carbons (Fsp3) is 0.750. The molecule has 1 aromatic rings. The molecule has 1 aromatic heterocycles. The highest BCUT2D eigenvalue weighted by Gasteiger charge is 2.26. The lowest BCUT2D eigenvalue weighted by Gasteiger charge is -2.31. The molecule has 2 fully saturated rings. The van der Waals surface area contributed by atoms with E-state index >= 15 is 0 Å². The van der Waals surface area contributed by atoms with Gasteiger partial charge in [0, 0.05) is 18.3 Å². The first-order chi connectivity index (χ1) is 10.1. The van der Waals surface area contributed by atoms with Gasteiger partial charge in [-0.3, -0.25) is 14.4 Å². The van der Waals surface area contributed by atoms with E-state index in [1.807, 2.05) is 6.92 Å². The van der Waals surface area contributed by atoms with Crippen LogP contribution in [-0.4, -0.2) is 46.3 Å². The van der Waals surface area contributed by atoms with Crippen molar-refractivity contribution in [1.29, 1.82) is 0 Å². The zero-order valence-electron chi connectivity index (χ0n) is 13.1. The number of carbonyl (C=O) groups excluding carboxylic acids is 1. The highest BCUT2D eigenvalue weighted by molar-refractivity contribution is 5.78. The van der Waals surface area contributed by atoms with Crippen LogP contribution >= 0.6 is 0 Å². The molecular formula is C16H26N4O. The van der Waals surface area contributed by atoms with Crippen LogP contribution < -0.4 is 5.32 Å². The number of carbonyl (C=O) groups is 1. The summed E-state index contributed by atoms with van der Waals surface area (Å²) < 4.78 is 2.13. The highest BCUT2D eigenvalue weighted by Crippen LogP contribution is 2.21. The number of nitrogens with one attached hydrogen (secondary N) is 1. The van der Waals surface area contributed by atoms with E-state index < -0.39 is 0 Å². The molecule has 3 rings (SSSR count). The van der Waals surface area contributed by atoms with Crippen molar-refractivity contribution in [3.05, 3.63) is 17.5 Å². The van der Waals surface area contributed by atoms with Crippen LogP contribution in [0.3, 0.4) is 0 Å². The van der Waals surface area contributed by atoms with Gasteiger partial charge >= 0.3 is 0 Å². The molecule has 1 amide bonds. The van der Waals surface area contributed by atoms with Crippen LogP contribution in [-0.2, 0) is 11.3 Å². The van der Waals surface area contributed by atoms with Crippen molar-refractivity contribution < 1.29 is 4.79 Å². The largest absolute Gasteiger partial charge is 0.352 e. The highest BCUT2D eigenvalue weighted by atomic mass is 16.2. The van der Waals surface area contributed by atoms with Crippen molar-refractivity contribution in [3.8, 4) is 0 Å². The lowest BCUT2D eigenvalue weighted by molar-refractivity contribution is -0.122. The van der Waals surface area contributed by atoms with E-state index in [0.717, 1.165) is 51.0 Å². The minimum atomic E-state index is 0.203. The summed E-state index contributed by atoms with van der Waals surface area (Å²) in [5.41, 5.74) is 2.35. The van der Waals surface area contributed by atoms with Crippen LogP contribution in [0.15, 0.2) is 6.07 Å². The third-order valence-electron chi connectivity index (χ3n) is 4.55. The van der Waals surface area contributed by atoms with E-state index in [1.54, 1.807) is 0 Å². The van der Waals surface area contributed by atoms with Gasteiger partial charge in [-0.05, 0) is 64.6 Å². The number of aromatic nitrogens is 2. The van der Waals surface area contributed by atoms with E-state index in [2.05, 4.69) is 33.0 Å². The summed E-state index contributed by atoms with van der Waals surface area (Å²) in [5, 5.41) is 7.62. The Kier molecular flexibility index (Phi) is 4.29. The first kappa shape index (κ1) is 14.6. The normalized spacial score (nSPS) is 20.7. The molecule has 1 saturated heterocycles. The summed E-state index contributed by atoms with van der Waals surface area (Å²) in [6.07, 6.45) is 4.65. The maximum atomic E-state index is 11.8. The Bertz CT molecular complexity index is 498. The molecule has 0 atom stereocenters. The van der Waals surface area contributed by atoms with Crippen molar-refractivity contribution in [2.24, 2.45) is 5.92 Å². The Morgan fingerprint density at radius 3 is 2.57 bits per heavy atom. The summed E-state index contributed by atoms with van der Waals surface area (Å²) >= 11 is 0. The molecular weight excluding hydrogens is 264 g/mol. The standard InChI is InChI=1S/C16H26N4O/c1-12-9-13(2)20(18-12)10-14-5-7-19(8-6-14)11-16(21)17-15-3-4-15/h9,14-15H,3-8,10-11H2,1-2H3,(H,17,21). The summed E-state index contributed by atoms with van der Waals surface area (Å²) in [6.45, 7) is 7.82. The molecule has 1 aliphatic heterocycles. The molecule has 0 unspecified atom stereocenters. The average molecular weight is 290 g/mol. The second kappa shape index (κ2) is 6.18. The van der Waals surface area contributed by atoms with Crippen LogP contribution in [0.2, 0.25) is 0 Å². The topological polar surface area (TPSA) is 50.2 Å². The molecule has 2 aliphatic rings. The minimum Gasteiger partial charge on any atom is -0.352 e. The molecule has 21 heavy (non-hydrogen) atoms. The fourth-order valence-corrected chi connectivity index (χ4v) is 3.14. The third-order valence-corrected chi connectivity index (χ3v) is 4.55. The number of likely N-dealkylation sites (tertiary alicyclic amines) is 1. The number of rotatable bonds is 5. The van der Waals surface area contributed by atoms with Gasteiger partial charge in [0.2, 0.25) is 5.91 Å². The van der Waals surface area contributed by atoms with Crippen molar-refractivity contribution in [2.75, 3.05) is 19.6 Å². The Hall–Kier alpha value is -1.36. The van der Waals surface area contributed by atoms with E-state index in [1.165, 1.54) is 5.69 Å². The van der Waals surface area contributed by atoms with Crippen LogP contribution in [0, 0.1) is 19.8 Å². The van der Waals surface area contributed by atoms with Crippen LogP contribution in [0.4, 0.5) is 0 Å². The summed E-state index contributed by atoms with van der Waals surface area (Å²) in [4.78, 5) is 14.1. The Labute approximate surface area is 126 Å². The van der Waals surface area contributed by atoms with Crippen molar-refractivity contribution in [2.45, 2.75) is 52.1 Å². The monoisotopic (exact) mass is 290 g/mol. The molecule has 5 heteroatoms. The maximum absolute atomic E-state index is 11.8. The summed E-state index contributed by atoms with van der Waals surface area (Å²) in [5.74, 6) is 0.889. The van der Waals surface area contributed by atoms with Crippen LogP contribution in [0.5, 0.6) is 0 Å². The molecule has 0 bridgehead atoms. The second-order valence-corrected chi connectivity index (χ2v) is 6.67. The van der Waals surface area contributed by atoms with Crippen molar-refractivity contribution in [3.63, 3.8) is 0 Å². The van der Waals surface area contributed by atoms with E-state index in [9.17, 15) is 4.79 Å². The Morgan fingerprint density at radius 2 is 2.00 bits per heavy atom. The number of nitrogens with zero attached hydrogens (tertiary/aromatic N) is 3. The molecule has 2 heterocycles. The van der Waals surface area contributed by atoms with Gasteiger partial charge in [-0.25, -0.2) is 0 Å². The zero-order chi connectivity index (χ0) is 14.8. The molecule has 1 N–H and O–H groups in total. The molecule has 1 aliphatic carbocycles. The van der Waals surface area contributed by atoms with E-state index in [4.69, 9.17) is 0 Å². The van der Waals surface area contributed by atoms with E-state index in [0.29, 0.717) is 18.5 Å². The molecule has 0 radical (unpaired) electrons. The number of hydrogen-bond acceptors (Lipinski definition) is 3. The van der Waals surface area contributed by atoms with Gasteiger partial charge in [0.25, 0.3) is 0 Å². The smallest absolute Gasteiger partial charge is 0.234 e. The maximum Gasteiger partial charge on any atom is 0.234 e. The molecule has 5 nitrogen and oxygen atoms in total. The van der Waals surface area contributed by atoms with Gasteiger partial charge < -0.3 is 5.32 Å². The first-order valence-corrected chi connectivity index (χ1v) is 8.13. The lowest BCUT2D eigenvalue weighted by atomic mass is 9.97. The van der Waals surface area contributed by atoms with Crippen LogP contribution in [0.1, 0.15) is 37.1 Å². The molecule has 0 spiro atoms. The molecule has 116 valence electrons. The van der Waals surface area contributed by atoms with Gasteiger partial charge in [0.05, 0.1) is 12.2 Å². The SMILES string of the molecule is Cc1cc(C)n(CC2CCN(CC(=O)NC3CC3)CC2)n1. The van der Waals surface area contributed by atoms with Gasteiger partial charge in [-0.2, -0.15) is 5.10 Å². The van der Waals surface area contributed by atoms with Crippen molar-refractivity contribution >= 4 is 5.91 Å². The fourth-order valence-electron chi connectivity index (χ4n) is 3.14. The minimum absolute atomic E-state index is 0.203. The summed E-state index contributed by atoms with van der Waals surface area (Å²) in [7, 11) is 0. The predicted molar refractivity (Wildman–Crippen MR) is 82.0 cm³/mol. The van der Waals surface area contributed by atoms with Crippen molar-refractivity contribution in [1.82, 2.24) is 20.0 Å². The number of piperidine rings is 1. The Balaban J connectivity index is 1.42. The molecule has 0 aromatic carbocycles. The number of aryl methyl sites for hydroxylation is 2. The molecule has 1 saturated carbocycles. The third kappa shape index (κ3) is 4.06. The van der Waals surface area contributed by atoms with Gasteiger partial charge in [-0.1, -0.05) is 0 Å². The van der Waals surface area contributed by atoms with Gasteiger partial charge in [0.1, 0.15) is 0 Å². The lowest BCUT2D eigenvalue weighted by Crippen LogP contribution is -2.42. The Morgan fingerprint density at radius 1 is 1.29 bits per heavy atom. The zero-order valence-corrected chi connectivity index (χ0v) is 13.1. The number of amides is 1. The summed E-state index contributed by atoms with van der Waals surface area (Å²) in [6, 6.07) is 2.61. The van der Waals surface area contributed by atoms with E-state index in [-0.39, 0.29) is 5.91 Å². The average Bonchev–Trinajstić information content (AvgIpc) is 3.18. The predicted octanol–water partition coefficient (Wildman–Crippen LogP) is 1.49. The van der Waals surface area contributed by atoms with Crippen LogP contribution in [0.25, 0.3) is 0 Å². The number of hydrogen-bond donors (Lipinski definition) is 1. The van der Waals surface area contributed by atoms with Gasteiger partial charge in [0.15, 0.2) is 0 Å². The van der Waals surface area contributed by atoms with Gasteiger partial charge in [-0.15, -0.1) is 0 Å². The first-order valence-electron chi connectivity index (χ1n) is 8.13. The quantitative estimate of drug-likeness (QED) is 0.894. The second-order valence-electron chi connectivity index (χ2n) is 6.67.